The van der Waals surface area contributed by atoms with E-state index in [4.69, 9.17) is 0 Å². The zero-order valence-corrected chi connectivity index (χ0v) is 14.1. The lowest BCUT2D eigenvalue weighted by molar-refractivity contribution is 0.162. The summed E-state index contributed by atoms with van der Waals surface area (Å²) in [7, 11) is 0. The highest BCUT2D eigenvalue weighted by Crippen LogP contribution is 2.12. The number of nitrogens with two attached hydrogens (primary N) is 2. The molecule has 0 spiro atoms. The number of carbonyl (C=O) groups is 2. The molecule has 0 bridgehead atoms. The Hall–Kier alpha value is -2.24. The quantitative estimate of drug-likeness (QED) is 0.894. The minimum atomic E-state index is -0.711. The van der Waals surface area contributed by atoms with Gasteiger partial charge in [-0.3, -0.25) is 0 Å². The molecule has 0 aliphatic carbocycles. The third-order valence-electron chi connectivity index (χ3n) is 2.67. The van der Waals surface area contributed by atoms with Crippen LogP contribution in [0.4, 0.5) is 9.59 Å². The Labute approximate surface area is 132 Å². The second-order valence-electron chi connectivity index (χ2n) is 4.22. The van der Waals surface area contributed by atoms with Crippen LogP contribution in [0.1, 0.15) is 37.5 Å². The van der Waals surface area contributed by atoms with E-state index >= 15 is 0 Å². The summed E-state index contributed by atoms with van der Waals surface area (Å²) in [4.78, 5) is 19.2. The van der Waals surface area contributed by atoms with Gasteiger partial charge >= 0.3 is 12.2 Å². The third-order valence-corrected chi connectivity index (χ3v) is 2.67. The molecule has 0 fully saturated rings. The average Bonchev–Trinajstić information content (AvgIpc) is 2.43. The highest BCUT2D eigenvalue weighted by atomic mass is 16.5. The van der Waals surface area contributed by atoms with Gasteiger partial charge in [-0.2, -0.15) is 0 Å². The second-order valence-corrected chi connectivity index (χ2v) is 4.22. The minimum absolute atomic E-state index is 0.356. The van der Waals surface area contributed by atoms with Crippen LogP contribution in [-0.2, 0) is 15.9 Å². The molecule has 0 radical (unpaired) electrons. The Morgan fingerprint density at radius 2 is 1.41 bits per heavy atom. The number of hydrogen-bond acceptors (Lipinski definition) is 4. The van der Waals surface area contributed by atoms with E-state index in [1.807, 2.05) is 0 Å². The van der Waals surface area contributed by atoms with Gasteiger partial charge in [0.1, 0.15) is 0 Å². The molecule has 0 saturated carbocycles. The number of primary amides is 2. The number of aryl methyl sites for hydroxylation is 2. The molecule has 22 heavy (non-hydrogen) atoms. The predicted octanol–water partition coefficient (Wildman–Crippen LogP) is 3.07. The lowest BCUT2D eigenvalue weighted by Crippen LogP contribution is -2.11. The standard InChI is InChI=1S/C10H14.2C3H7NO2/c1-4-10-7-5-6-8(2)9(10)3;2*1-2-6-3(4)5/h5-7H,4H2,1-3H3;2*2H2,1H3,(H2,4,5). The summed E-state index contributed by atoms with van der Waals surface area (Å²) in [5, 5.41) is 0. The molecule has 2 amide bonds. The van der Waals surface area contributed by atoms with E-state index in [-0.39, 0.29) is 0 Å². The van der Waals surface area contributed by atoms with Crippen LogP contribution in [0.25, 0.3) is 0 Å². The number of benzene rings is 1. The van der Waals surface area contributed by atoms with Gasteiger partial charge in [0.2, 0.25) is 0 Å². The van der Waals surface area contributed by atoms with Gasteiger partial charge < -0.3 is 20.9 Å². The molecular formula is C16H28N2O4. The summed E-state index contributed by atoms with van der Waals surface area (Å²) >= 11 is 0. The van der Waals surface area contributed by atoms with E-state index in [0.29, 0.717) is 13.2 Å². The predicted molar refractivity (Wildman–Crippen MR) is 87.7 cm³/mol. The first kappa shape index (κ1) is 22.0. The summed E-state index contributed by atoms with van der Waals surface area (Å²) in [6, 6.07) is 6.48. The number of hydrogen-bond donors (Lipinski definition) is 2. The molecule has 4 N–H and O–H groups in total. The number of rotatable bonds is 3. The maximum Gasteiger partial charge on any atom is 0.404 e. The smallest absolute Gasteiger partial charge is 0.404 e. The molecule has 0 aromatic heterocycles. The van der Waals surface area contributed by atoms with E-state index in [9.17, 15) is 9.59 Å². The molecule has 0 saturated heterocycles. The minimum Gasteiger partial charge on any atom is -0.450 e. The van der Waals surface area contributed by atoms with Crippen molar-refractivity contribution in [2.24, 2.45) is 11.5 Å². The SMILES string of the molecule is CCOC(N)=O.CCOC(N)=O.CCc1cccc(C)c1C. The fourth-order valence-electron chi connectivity index (χ4n) is 1.48. The van der Waals surface area contributed by atoms with Crippen LogP contribution in [0.2, 0.25) is 0 Å². The van der Waals surface area contributed by atoms with Gasteiger partial charge in [-0.25, -0.2) is 9.59 Å². The maximum absolute atomic E-state index is 9.60. The maximum atomic E-state index is 9.60. The van der Waals surface area contributed by atoms with Crippen molar-refractivity contribution >= 4 is 12.2 Å². The van der Waals surface area contributed by atoms with Crippen LogP contribution in [0.3, 0.4) is 0 Å². The highest BCUT2D eigenvalue weighted by Gasteiger charge is 1.95. The second kappa shape index (κ2) is 13.7. The first-order valence-corrected chi connectivity index (χ1v) is 7.19. The van der Waals surface area contributed by atoms with E-state index in [2.05, 4.69) is 59.9 Å². The van der Waals surface area contributed by atoms with Crippen molar-refractivity contribution in [2.75, 3.05) is 13.2 Å². The van der Waals surface area contributed by atoms with Crippen molar-refractivity contribution in [2.45, 2.75) is 41.0 Å². The molecule has 1 aromatic carbocycles. The average molecular weight is 312 g/mol. The molecule has 1 rings (SSSR count). The van der Waals surface area contributed by atoms with Crippen LogP contribution >= 0.6 is 0 Å². The monoisotopic (exact) mass is 312 g/mol. The summed E-state index contributed by atoms with van der Waals surface area (Å²) in [6.45, 7) is 10.7. The largest absolute Gasteiger partial charge is 0.450 e. The van der Waals surface area contributed by atoms with Crippen molar-refractivity contribution in [3.8, 4) is 0 Å². The Morgan fingerprint density at radius 1 is 0.955 bits per heavy atom. The first-order valence-electron chi connectivity index (χ1n) is 7.19. The molecule has 0 aliphatic heterocycles. The molecule has 6 nitrogen and oxygen atoms in total. The van der Waals surface area contributed by atoms with Crippen molar-refractivity contribution in [3.05, 3.63) is 34.9 Å². The zero-order valence-electron chi connectivity index (χ0n) is 14.1. The van der Waals surface area contributed by atoms with Crippen LogP contribution < -0.4 is 11.5 Å². The lowest BCUT2D eigenvalue weighted by Gasteiger charge is -2.04. The van der Waals surface area contributed by atoms with Gasteiger partial charge in [-0.05, 0) is 50.8 Å². The van der Waals surface area contributed by atoms with E-state index in [1.165, 1.54) is 16.7 Å². The molecule has 0 aliphatic rings. The van der Waals surface area contributed by atoms with E-state index in [0.717, 1.165) is 6.42 Å². The van der Waals surface area contributed by atoms with Crippen LogP contribution in [0.5, 0.6) is 0 Å². The number of amides is 2. The first-order chi connectivity index (χ1) is 10.3. The molecule has 0 atom stereocenters. The van der Waals surface area contributed by atoms with Gasteiger partial charge in [-0.15, -0.1) is 0 Å². The van der Waals surface area contributed by atoms with E-state index in [1.54, 1.807) is 13.8 Å². The van der Waals surface area contributed by atoms with Crippen molar-refractivity contribution in [3.63, 3.8) is 0 Å². The van der Waals surface area contributed by atoms with Crippen molar-refractivity contribution < 1.29 is 19.1 Å². The van der Waals surface area contributed by atoms with Gasteiger partial charge in [0.15, 0.2) is 0 Å². The molecule has 1 aromatic rings. The van der Waals surface area contributed by atoms with Gasteiger partial charge in [0.25, 0.3) is 0 Å². The molecular weight excluding hydrogens is 284 g/mol. The summed E-state index contributed by atoms with van der Waals surface area (Å²) in [6.07, 6.45) is -0.275. The van der Waals surface area contributed by atoms with Crippen molar-refractivity contribution in [1.82, 2.24) is 0 Å². The topological polar surface area (TPSA) is 105 Å². The van der Waals surface area contributed by atoms with Crippen molar-refractivity contribution in [1.29, 1.82) is 0 Å². The molecule has 0 unspecified atom stereocenters. The zero-order chi connectivity index (χ0) is 17.5. The van der Waals surface area contributed by atoms with Gasteiger partial charge in [0.05, 0.1) is 13.2 Å². The third kappa shape index (κ3) is 12.8. The normalized spacial score (nSPS) is 8.59. The summed E-state index contributed by atoms with van der Waals surface area (Å²) < 4.78 is 8.36. The highest BCUT2D eigenvalue weighted by molar-refractivity contribution is 5.64. The molecule has 0 heterocycles. The fourth-order valence-corrected chi connectivity index (χ4v) is 1.48. The number of ether oxygens (including phenoxy) is 2. The summed E-state index contributed by atoms with van der Waals surface area (Å²) in [5.74, 6) is 0. The summed E-state index contributed by atoms with van der Waals surface area (Å²) in [5.41, 5.74) is 13.4. The van der Waals surface area contributed by atoms with E-state index < -0.39 is 12.2 Å². The van der Waals surface area contributed by atoms with Crippen LogP contribution in [0.15, 0.2) is 18.2 Å². The lowest BCUT2D eigenvalue weighted by atomic mass is 10.0. The molecule has 126 valence electrons. The Balaban J connectivity index is 0. The van der Waals surface area contributed by atoms with Crippen LogP contribution in [0, 0.1) is 13.8 Å². The Bertz CT molecular complexity index is 432. The Morgan fingerprint density at radius 3 is 1.64 bits per heavy atom. The van der Waals surface area contributed by atoms with Crippen LogP contribution in [-0.4, -0.2) is 25.4 Å². The Kier molecular flexibility index (Phi) is 13.8. The van der Waals surface area contributed by atoms with Gasteiger partial charge in [0, 0.05) is 0 Å². The number of carbonyl (C=O) groups excluding carboxylic acids is 2. The fraction of sp³-hybridized carbons (Fsp3) is 0.500. The molecule has 6 heteroatoms. The van der Waals surface area contributed by atoms with Gasteiger partial charge in [-0.1, -0.05) is 25.1 Å².